The number of benzene rings is 1. The average Bonchev–Trinajstić information content (AvgIpc) is 2.15. The van der Waals surface area contributed by atoms with Crippen LogP contribution in [0.3, 0.4) is 0 Å². The molecule has 0 aliphatic heterocycles. The van der Waals surface area contributed by atoms with Gasteiger partial charge in [-0.3, -0.25) is 0 Å². The van der Waals surface area contributed by atoms with Crippen molar-refractivity contribution in [2.45, 2.75) is 39.3 Å². The Morgan fingerprint density at radius 2 is 1.57 bits per heavy atom. The Bertz CT molecular complexity index is 256. The molecule has 2 heteroatoms. The molecule has 0 aliphatic carbocycles. The van der Waals surface area contributed by atoms with Gasteiger partial charge < -0.3 is 4.43 Å². The average molecular weight is 208 g/mol. The van der Waals surface area contributed by atoms with Crippen LogP contribution < -0.4 is 5.19 Å². The van der Waals surface area contributed by atoms with Crippen molar-refractivity contribution in [1.82, 2.24) is 0 Å². The summed E-state index contributed by atoms with van der Waals surface area (Å²) in [6.07, 6.45) is 0.342. The molecule has 0 bridgehead atoms. The van der Waals surface area contributed by atoms with Crippen LogP contribution in [0, 0.1) is 0 Å². The molecular weight excluding hydrogens is 188 g/mol. The maximum absolute atomic E-state index is 6.04. The van der Waals surface area contributed by atoms with Crippen molar-refractivity contribution >= 4 is 14.2 Å². The second-order valence-corrected chi connectivity index (χ2v) is 7.37. The monoisotopic (exact) mass is 208 g/mol. The van der Waals surface area contributed by atoms with E-state index < -0.39 is 9.04 Å². The van der Waals surface area contributed by atoms with Crippen molar-refractivity contribution in [1.29, 1.82) is 0 Å². The van der Waals surface area contributed by atoms with Crippen LogP contribution in [0.5, 0.6) is 0 Å². The van der Waals surface area contributed by atoms with Crippen molar-refractivity contribution in [3.05, 3.63) is 30.3 Å². The van der Waals surface area contributed by atoms with Crippen LogP contribution in [0.25, 0.3) is 0 Å². The molecule has 1 aromatic rings. The lowest BCUT2D eigenvalue weighted by Crippen LogP contribution is -2.38. The molecule has 1 nitrogen and oxygen atoms in total. The number of hydrogen-bond acceptors (Lipinski definition) is 1. The normalized spacial score (nSPS) is 13.6. The van der Waals surface area contributed by atoms with Crippen molar-refractivity contribution in [2.24, 2.45) is 0 Å². The van der Waals surface area contributed by atoms with E-state index in [9.17, 15) is 0 Å². The van der Waals surface area contributed by atoms with E-state index in [0.29, 0.717) is 11.6 Å². The van der Waals surface area contributed by atoms with E-state index in [0.717, 1.165) is 0 Å². The molecule has 0 saturated carbocycles. The molecule has 1 atom stereocenters. The fraction of sp³-hybridized carbons (Fsp3) is 0.500. The first-order valence-corrected chi connectivity index (χ1v) is 7.03. The largest absolute Gasteiger partial charge is 0.413 e. The Morgan fingerprint density at radius 3 is 2.00 bits per heavy atom. The van der Waals surface area contributed by atoms with Crippen LogP contribution in [-0.4, -0.2) is 15.1 Å². The first-order chi connectivity index (χ1) is 6.61. The van der Waals surface area contributed by atoms with Crippen LogP contribution in [0.1, 0.15) is 27.7 Å². The predicted octanol–water partition coefficient (Wildman–Crippen LogP) is 2.45. The first-order valence-electron chi connectivity index (χ1n) is 5.31. The number of hydrogen-bond donors (Lipinski definition) is 0. The Kier molecular flexibility index (Phi) is 4.36. The van der Waals surface area contributed by atoms with Gasteiger partial charge in [-0.25, -0.2) is 0 Å². The molecule has 0 aromatic heterocycles. The zero-order valence-corrected chi connectivity index (χ0v) is 10.7. The maximum Gasteiger partial charge on any atom is 0.211 e. The van der Waals surface area contributed by atoms with Gasteiger partial charge in [-0.05, 0) is 24.6 Å². The lowest BCUT2D eigenvalue weighted by atomic mass is 10.4. The van der Waals surface area contributed by atoms with Gasteiger partial charge in [0, 0.05) is 6.10 Å². The smallest absolute Gasteiger partial charge is 0.211 e. The zero-order chi connectivity index (χ0) is 10.6. The van der Waals surface area contributed by atoms with Gasteiger partial charge in [0.2, 0.25) is 9.04 Å². The standard InChI is InChI=1S/C12H20OSi/c1-10(2)13-14(11(3)4)12-8-6-5-7-9-12/h5-11,14H,1-4H3. The molecule has 0 heterocycles. The Morgan fingerprint density at radius 1 is 1.00 bits per heavy atom. The third-order valence-electron chi connectivity index (χ3n) is 2.15. The molecule has 0 fully saturated rings. The minimum Gasteiger partial charge on any atom is -0.413 e. The molecule has 0 radical (unpaired) electrons. The van der Waals surface area contributed by atoms with E-state index in [1.807, 2.05) is 0 Å². The van der Waals surface area contributed by atoms with Gasteiger partial charge in [0.25, 0.3) is 0 Å². The Balaban J connectivity index is 2.78. The Labute approximate surface area is 88.8 Å². The third kappa shape index (κ3) is 3.27. The zero-order valence-electron chi connectivity index (χ0n) is 9.53. The summed E-state index contributed by atoms with van der Waals surface area (Å²) in [7, 11) is -1.22. The molecule has 1 unspecified atom stereocenters. The van der Waals surface area contributed by atoms with Gasteiger partial charge in [-0.2, -0.15) is 0 Å². The van der Waals surface area contributed by atoms with Gasteiger partial charge in [0.15, 0.2) is 0 Å². The molecule has 0 aliphatic rings. The van der Waals surface area contributed by atoms with Gasteiger partial charge in [-0.1, -0.05) is 44.2 Å². The lowest BCUT2D eigenvalue weighted by Gasteiger charge is -2.22. The molecule has 0 spiro atoms. The highest BCUT2D eigenvalue weighted by molar-refractivity contribution is 6.68. The highest BCUT2D eigenvalue weighted by Gasteiger charge is 2.19. The molecule has 0 amide bonds. The topological polar surface area (TPSA) is 9.23 Å². The molecule has 14 heavy (non-hydrogen) atoms. The van der Waals surface area contributed by atoms with E-state index in [-0.39, 0.29) is 0 Å². The van der Waals surface area contributed by atoms with Crippen molar-refractivity contribution < 1.29 is 4.43 Å². The first kappa shape index (κ1) is 11.5. The molecule has 0 N–H and O–H groups in total. The van der Waals surface area contributed by atoms with E-state index in [4.69, 9.17) is 4.43 Å². The van der Waals surface area contributed by atoms with Crippen LogP contribution in [0.2, 0.25) is 5.54 Å². The van der Waals surface area contributed by atoms with Gasteiger partial charge in [-0.15, -0.1) is 0 Å². The van der Waals surface area contributed by atoms with Crippen LogP contribution in [0.15, 0.2) is 30.3 Å². The fourth-order valence-electron chi connectivity index (χ4n) is 1.56. The predicted molar refractivity (Wildman–Crippen MR) is 64.5 cm³/mol. The third-order valence-corrected chi connectivity index (χ3v) is 5.24. The van der Waals surface area contributed by atoms with Crippen LogP contribution >= 0.6 is 0 Å². The summed E-state index contributed by atoms with van der Waals surface area (Å²) in [6, 6.07) is 10.6. The highest BCUT2D eigenvalue weighted by Crippen LogP contribution is 2.10. The number of rotatable bonds is 4. The fourth-order valence-corrected chi connectivity index (χ4v) is 3.99. The minimum atomic E-state index is -1.22. The Hall–Kier alpha value is -0.603. The van der Waals surface area contributed by atoms with E-state index in [2.05, 4.69) is 58.0 Å². The molecular formula is C12H20OSi. The van der Waals surface area contributed by atoms with E-state index >= 15 is 0 Å². The van der Waals surface area contributed by atoms with Gasteiger partial charge >= 0.3 is 0 Å². The summed E-state index contributed by atoms with van der Waals surface area (Å²) in [5.41, 5.74) is 0.653. The minimum absolute atomic E-state index is 0.342. The van der Waals surface area contributed by atoms with Gasteiger partial charge in [0.1, 0.15) is 0 Å². The van der Waals surface area contributed by atoms with Crippen molar-refractivity contribution in [2.75, 3.05) is 0 Å². The summed E-state index contributed by atoms with van der Waals surface area (Å²) in [5, 5.41) is 1.41. The SMILES string of the molecule is CC(C)O[SiH](c1ccccc1)C(C)C. The summed E-state index contributed by atoms with van der Waals surface area (Å²) in [6.45, 7) is 8.75. The van der Waals surface area contributed by atoms with E-state index in [1.165, 1.54) is 5.19 Å². The summed E-state index contributed by atoms with van der Waals surface area (Å²) in [4.78, 5) is 0. The molecule has 1 rings (SSSR count). The molecule has 78 valence electrons. The molecule has 1 aromatic carbocycles. The summed E-state index contributed by atoms with van der Waals surface area (Å²) in [5.74, 6) is 0. The maximum atomic E-state index is 6.04. The van der Waals surface area contributed by atoms with Crippen LogP contribution in [0.4, 0.5) is 0 Å². The summed E-state index contributed by atoms with van der Waals surface area (Å²) >= 11 is 0. The lowest BCUT2D eigenvalue weighted by molar-refractivity contribution is 0.244. The second kappa shape index (κ2) is 5.32. The van der Waals surface area contributed by atoms with Gasteiger partial charge in [0.05, 0.1) is 0 Å². The van der Waals surface area contributed by atoms with Crippen LogP contribution in [-0.2, 0) is 4.43 Å². The molecule has 0 saturated heterocycles. The van der Waals surface area contributed by atoms with E-state index in [1.54, 1.807) is 0 Å². The second-order valence-electron chi connectivity index (χ2n) is 4.26. The summed E-state index contributed by atoms with van der Waals surface area (Å²) < 4.78 is 6.04. The highest BCUT2D eigenvalue weighted by atomic mass is 28.3. The van der Waals surface area contributed by atoms with Crippen molar-refractivity contribution in [3.8, 4) is 0 Å². The van der Waals surface area contributed by atoms with Crippen molar-refractivity contribution in [3.63, 3.8) is 0 Å². The quantitative estimate of drug-likeness (QED) is 0.691.